The van der Waals surface area contributed by atoms with E-state index in [2.05, 4.69) is 0 Å². The maximum absolute atomic E-state index is 12.1. The van der Waals surface area contributed by atoms with Crippen LogP contribution in [0.2, 0.25) is 5.02 Å². The molecule has 0 aromatic heterocycles. The van der Waals surface area contributed by atoms with Crippen molar-refractivity contribution in [1.29, 1.82) is 0 Å². The number of Topliss-reactive ketones (excluding diaryl/α,β-unsaturated/α-hetero) is 1. The molecule has 1 aromatic rings. The molecule has 0 saturated heterocycles. The van der Waals surface area contributed by atoms with Crippen LogP contribution in [0.3, 0.4) is 0 Å². The summed E-state index contributed by atoms with van der Waals surface area (Å²) in [5.41, 5.74) is -0.0436. The SMILES string of the molecule is CS(=O)(=O)c1ccc(Cl)c(C(=O)O[C@H]2CCCCC2=O)c1. The fourth-order valence-corrected chi connectivity index (χ4v) is 3.00. The summed E-state index contributed by atoms with van der Waals surface area (Å²) in [4.78, 5) is 23.8. The molecule has 1 fully saturated rings. The average molecular weight is 331 g/mol. The molecule has 2 rings (SSSR count). The molecule has 1 saturated carbocycles. The van der Waals surface area contributed by atoms with Crippen molar-refractivity contribution in [3.63, 3.8) is 0 Å². The number of sulfone groups is 1. The van der Waals surface area contributed by atoms with Crippen LogP contribution < -0.4 is 0 Å². The standard InChI is InChI=1S/C14H15ClO5S/c1-21(18,19)9-6-7-11(15)10(8-9)14(17)20-13-5-3-2-4-12(13)16/h6-8,13H,2-5H2,1H3/t13-/m0/s1. The predicted octanol–water partition coefficient (Wildman–Crippen LogP) is 2.41. The Morgan fingerprint density at radius 2 is 2.05 bits per heavy atom. The first kappa shape index (κ1) is 16.0. The van der Waals surface area contributed by atoms with Crippen LogP contribution in [0.1, 0.15) is 36.0 Å². The van der Waals surface area contributed by atoms with Gasteiger partial charge in [0.15, 0.2) is 21.7 Å². The Labute approximate surface area is 128 Å². The number of carbonyl (C=O) groups excluding carboxylic acids is 2. The van der Waals surface area contributed by atoms with Crippen molar-refractivity contribution in [1.82, 2.24) is 0 Å². The Morgan fingerprint density at radius 1 is 1.33 bits per heavy atom. The molecular formula is C14H15ClO5S. The Morgan fingerprint density at radius 3 is 2.67 bits per heavy atom. The first-order valence-electron chi connectivity index (χ1n) is 6.52. The second-order valence-corrected chi connectivity index (χ2v) is 7.44. The second-order valence-electron chi connectivity index (χ2n) is 5.02. The van der Waals surface area contributed by atoms with Crippen molar-refractivity contribution in [3.8, 4) is 0 Å². The van der Waals surface area contributed by atoms with E-state index in [1.807, 2.05) is 0 Å². The molecule has 0 heterocycles. The van der Waals surface area contributed by atoms with Crippen molar-refractivity contribution >= 4 is 33.2 Å². The zero-order valence-corrected chi connectivity index (χ0v) is 13.0. The third-order valence-corrected chi connectivity index (χ3v) is 4.77. The van der Waals surface area contributed by atoms with Crippen LogP contribution in [-0.2, 0) is 19.4 Å². The van der Waals surface area contributed by atoms with Gasteiger partial charge in [-0.3, -0.25) is 4.79 Å². The van der Waals surface area contributed by atoms with E-state index in [0.29, 0.717) is 12.8 Å². The van der Waals surface area contributed by atoms with E-state index in [9.17, 15) is 18.0 Å². The third kappa shape index (κ3) is 3.83. The lowest BCUT2D eigenvalue weighted by molar-refractivity contribution is -0.129. The summed E-state index contributed by atoms with van der Waals surface area (Å²) in [5.74, 6) is -0.879. The van der Waals surface area contributed by atoms with Crippen LogP contribution in [-0.4, -0.2) is 32.5 Å². The molecule has 0 spiro atoms. The third-order valence-electron chi connectivity index (χ3n) is 3.33. The first-order valence-corrected chi connectivity index (χ1v) is 8.79. The second kappa shape index (κ2) is 6.15. The minimum atomic E-state index is -3.45. The van der Waals surface area contributed by atoms with E-state index >= 15 is 0 Å². The summed E-state index contributed by atoms with van der Waals surface area (Å²) in [5, 5.41) is 0.0932. The predicted molar refractivity (Wildman–Crippen MR) is 77.2 cm³/mol. The average Bonchev–Trinajstić information content (AvgIpc) is 2.40. The molecule has 1 atom stereocenters. The normalized spacial score (nSPS) is 19.3. The molecule has 1 aromatic carbocycles. The van der Waals surface area contributed by atoms with Gasteiger partial charge in [-0.05, 0) is 37.5 Å². The number of esters is 1. The Hall–Kier alpha value is -1.40. The van der Waals surface area contributed by atoms with Gasteiger partial charge in [0.1, 0.15) is 0 Å². The quantitative estimate of drug-likeness (QED) is 0.795. The van der Waals surface area contributed by atoms with Gasteiger partial charge in [-0.15, -0.1) is 0 Å². The van der Waals surface area contributed by atoms with Gasteiger partial charge >= 0.3 is 5.97 Å². The molecule has 1 aliphatic carbocycles. The number of rotatable bonds is 3. The van der Waals surface area contributed by atoms with Gasteiger partial charge in [-0.1, -0.05) is 11.6 Å². The van der Waals surface area contributed by atoms with E-state index in [-0.39, 0.29) is 21.3 Å². The minimum absolute atomic E-state index is 0.0196. The molecule has 0 unspecified atom stereocenters. The highest BCUT2D eigenvalue weighted by atomic mass is 35.5. The van der Waals surface area contributed by atoms with Crippen LogP contribution >= 0.6 is 11.6 Å². The highest BCUT2D eigenvalue weighted by molar-refractivity contribution is 7.90. The van der Waals surface area contributed by atoms with Crippen molar-refractivity contribution in [2.24, 2.45) is 0 Å². The largest absolute Gasteiger partial charge is 0.451 e. The topological polar surface area (TPSA) is 77.5 Å². The zero-order chi connectivity index (χ0) is 15.6. The van der Waals surface area contributed by atoms with E-state index < -0.39 is 21.9 Å². The van der Waals surface area contributed by atoms with E-state index in [1.54, 1.807) is 0 Å². The van der Waals surface area contributed by atoms with Gasteiger partial charge in [0, 0.05) is 12.7 Å². The number of ether oxygens (including phenoxy) is 1. The number of benzene rings is 1. The van der Waals surface area contributed by atoms with E-state index in [1.165, 1.54) is 18.2 Å². The molecule has 0 amide bonds. The lowest BCUT2D eigenvalue weighted by atomic mass is 9.96. The Balaban J connectivity index is 2.24. The van der Waals surface area contributed by atoms with Crippen molar-refractivity contribution in [2.75, 3.05) is 6.26 Å². The minimum Gasteiger partial charge on any atom is -0.451 e. The summed E-state index contributed by atoms with van der Waals surface area (Å²) in [6.45, 7) is 0. The maximum atomic E-state index is 12.1. The number of halogens is 1. The Bertz CT molecular complexity index is 681. The molecule has 0 radical (unpaired) electrons. The summed E-state index contributed by atoms with van der Waals surface area (Å²) >= 11 is 5.91. The molecular weight excluding hydrogens is 316 g/mol. The first-order chi connectivity index (χ1) is 9.79. The molecule has 21 heavy (non-hydrogen) atoms. The lowest BCUT2D eigenvalue weighted by Crippen LogP contribution is -2.30. The maximum Gasteiger partial charge on any atom is 0.340 e. The molecule has 7 heteroatoms. The fourth-order valence-electron chi connectivity index (χ4n) is 2.16. The molecule has 1 aliphatic rings. The van der Waals surface area contributed by atoms with Gasteiger partial charge in [0.05, 0.1) is 15.5 Å². The van der Waals surface area contributed by atoms with Crippen molar-refractivity contribution in [2.45, 2.75) is 36.7 Å². The molecule has 5 nitrogen and oxygen atoms in total. The Kier molecular flexibility index (Phi) is 4.68. The summed E-state index contributed by atoms with van der Waals surface area (Å²) in [7, 11) is -3.45. The van der Waals surface area contributed by atoms with Gasteiger partial charge in [-0.25, -0.2) is 13.2 Å². The highest BCUT2D eigenvalue weighted by Gasteiger charge is 2.27. The number of hydrogen-bond donors (Lipinski definition) is 0. The smallest absolute Gasteiger partial charge is 0.340 e. The van der Waals surface area contributed by atoms with Crippen LogP contribution in [0.25, 0.3) is 0 Å². The highest BCUT2D eigenvalue weighted by Crippen LogP contribution is 2.24. The number of ketones is 1. The van der Waals surface area contributed by atoms with Crippen LogP contribution in [0.5, 0.6) is 0 Å². The van der Waals surface area contributed by atoms with Crippen LogP contribution in [0.15, 0.2) is 23.1 Å². The van der Waals surface area contributed by atoms with Crippen LogP contribution in [0.4, 0.5) is 0 Å². The van der Waals surface area contributed by atoms with Crippen LogP contribution in [0, 0.1) is 0 Å². The molecule has 0 aliphatic heterocycles. The van der Waals surface area contributed by atoms with Gasteiger partial charge in [0.2, 0.25) is 0 Å². The van der Waals surface area contributed by atoms with Gasteiger partial charge in [-0.2, -0.15) is 0 Å². The van der Waals surface area contributed by atoms with Crippen molar-refractivity contribution in [3.05, 3.63) is 28.8 Å². The molecule has 0 N–H and O–H groups in total. The molecule has 114 valence electrons. The van der Waals surface area contributed by atoms with Gasteiger partial charge < -0.3 is 4.74 Å². The summed E-state index contributed by atoms with van der Waals surface area (Å²) < 4.78 is 28.2. The number of carbonyl (C=O) groups is 2. The van der Waals surface area contributed by atoms with Crippen molar-refractivity contribution < 1.29 is 22.7 Å². The lowest BCUT2D eigenvalue weighted by Gasteiger charge is -2.21. The molecule has 0 bridgehead atoms. The summed E-state index contributed by atoms with van der Waals surface area (Å²) in [6, 6.07) is 3.82. The van der Waals surface area contributed by atoms with E-state index in [0.717, 1.165) is 19.1 Å². The summed E-state index contributed by atoms with van der Waals surface area (Å²) in [6.07, 6.45) is 2.79. The van der Waals surface area contributed by atoms with Gasteiger partial charge in [0.25, 0.3) is 0 Å². The van der Waals surface area contributed by atoms with E-state index in [4.69, 9.17) is 16.3 Å². The fraction of sp³-hybridized carbons (Fsp3) is 0.429. The monoisotopic (exact) mass is 330 g/mol. The zero-order valence-electron chi connectivity index (χ0n) is 11.5. The number of hydrogen-bond acceptors (Lipinski definition) is 5.